The second-order valence-corrected chi connectivity index (χ2v) is 8.76. The first kappa shape index (κ1) is 17.9. The SMILES string of the molecule is O=c1cc(CCCCCCc2cc(Br)cc(Br)c2)[nH]c2sccc12. The van der Waals surface area contributed by atoms with E-state index in [1.807, 2.05) is 11.4 Å². The first-order valence-electron chi connectivity index (χ1n) is 8.16. The van der Waals surface area contributed by atoms with Gasteiger partial charge in [-0.05, 0) is 60.9 Å². The van der Waals surface area contributed by atoms with E-state index in [-0.39, 0.29) is 5.43 Å². The molecule has 0 amide bonds. The fraction of sp³-hybridized carbons (Fsp3) is 0.316. The van der Waals surface area contributed by atoms with Crippen molar-refractivity contribution in [2.75, 3.05) is 0 Å². The van der Waals surface area contributed by atoms with Crippen molar-refractivity contribution in [2.45, 2.75) is 38.5 Å². The van der Waals surface area contributed by atoms with Crippen LogP contribution in [0, 0.1) is 0 Å². The van der Waals surface area contributed by atoms with Crippen molar-refractivity contribution < 1.29 is 0 Å². The van der Waals surface area contributed by atoms with Gasteiger partial charge in [-0.1, -0.05) is 44.7 Å². The lowest BCUT2D eigenvalue weighted by molar-refractivity contribution is 0.636. The van der Waals surface area contributed by atoms with Crippen molar-refractivity contribution in [3.63, 3.8) is 0 Å². The Morgan fingerprint density at radius 2 is 1.62 bits per heavy atom. The molecule has 5 heteroatoms. The molecule has 0 aliphatic heterocycles. The molecule has 0 radical (unpaired) electrons. The number of fused-ring (bicyclic) bond motifs is 1. The molecule has 0 saturated heterocycles. The maximum absolute atomic E-state index is 12.0. The van der Waals surface area contributed by atoms with Crippen molar-refractivity contribution >= 4 is 53.4 Å². The average molecular weight is 469 g/mol. The van der Waals surface area contributed by atoms with Gasteiger partial charge in [-0.25, -0.2) is 0 Å². The van der Waals surface area contributed by atoms with Gasteiger partial charge >= 0.3 is 0 Å². The Balaban J connectivity index is 1.42. The van der Waals surface area contributed by atoms with E-state index in [0.717, 1.165) is 44.1 Å². The largest absolute Gasteiger partial charge is 0.350 e. The van der Waals surface area contributed by atoms with Crippen molar-refractivity contribution in [3.8, 4) is 0 Å². The molecule has 0 atom stereocenters. The number of H-pyrrole nitrogens is 1. The van der Waals surface area contributed by atoms with E-state index < -0.39 is 0 Å². The molecular weight excluding hydrogens is 450 g/mol. The summed E-state index contributed by atoms with van der Waals surface area (Å²) in [6.45, 7) is 0. The van der Waals surface area contributed by atoms with Crippen LogP contribution in [0.2, 0.25) is 0 Å². The van der Waals surface area contributed by atoms with E-state index in [1.165, 1.54) is 24.8 Å². The molecule has 0 aliphatic carbocycles. The number of unbranched alkanes of at least 4 members (excludes halogenated alkanes) is 3. The van der Waals surface area contributed by atoms with Crippen LogP contribution < -0.4 is 5.43 Å². The van der Waals surface area contributed by atoms with Gasteiger partial charge in [0, 0.05) is 20.7 Å². The van der Waals surface area contributed by atoms with E-state index in [4.69, 9.17) is 0 Å². The number of thiophene rings is 1. The van der Waals surface area contributed by atoms with Gasteiger partial charge in [0.05, 0.1) is 5.39 Å². The minimum absolute atomic E-state index is 0.139. The predicted molar refractivity (Wildman–Crippen MR) is 110 cm³/mol. The summed E-state index contributed by atoms with van der Waals surface area (Å²) in [5.41, 5.74) is 2.56. The van der Waals surface area contributed by atoms with Crippen LogP contribution in [-0.4, -0.2) is 4.98 Å². The minimum Gasteiger partial charge on any atom is -0.350 e. The molecule has 2 nitrogen and oxygen atoms in total. The van der Waals surface area contributed by atoms with E-state index in [2.05, 4.69) is 55.0 Å². The number of halogens is 2. The number of hydrogen-bond acceptors (Lipinski definition) is 2. The van der Waals surface area contributed by atoms with Gasteiger partial charge in [-0.2, -0.15) is 0 Å². The number of rotatable bonds is 7. The Morgan fingerprint density at radius 3 is 2.38 bits per heavy atom. The van der Waals surface area contributed by atoms with Gasteiger partial charge in [0.2, 0.25) is 0 Å². The van der Waals surface area contributed by atoms with Crippen LogP contribution in [0.15, 0.2) is 49.5 Å². The standard InChI is InChI=1S/C19H19Br2NOS/c20-14-9-13(10-15(21)11-14)5-3-1-2-4-6-16-12-18(23)17-7-8-24-19(17)22-16/h7-12H,1-6H2,(H,22,23). The highest BCUT2D eigenvalue weighted by atomic mass is 79.9. The van der Waals surface area contributed by atoms with Crippen molar-refractivity contribution in [3.05, 3.63) is 66.1 Å². The summed E-state index contributed by atoms with van der Waals surface area (Å²) in [6.07, 6.45) is 6.79. The number of hydrogen-bond donors (Lipinski definition) is 1. The summed E-state index contributed by atoms with van der Waals surface area (Å²) >= 11 is 8.67. The molecule has 24 heavy (non-hydrogen) atoms. The normalized spacial score (nSPS) is 11.2. The third-order valence-corrected chi connectivity index (χ3v) is 5.84. The molecule has 1 N–H and O–H groups in total. The van der Waals surface area contributed by atoms with Gasteiger partial charge in [-0.15, -0.1) is 11.3 Å². The summed E-state index contributed by atoms with van der Waals surface area (Å²) in [5.74, 6) is 0. The quantitative estimate of drug-likeness (QED) is 0.396. The monoisotopic (exact) mass is 467 g/mol. The third kappa shape index (κ3) is 4.80. The zero-order chi connectivity index (χ0) is 16.9. The van der Waals surface area contributed by atoms with Gasteiger partial charge in [0.1, 0.15) is 4.83 Å². The number of nitrogens with one attached hydrogen (secondary N) is 1. The van der Waals surface area contributed by atoms with Crippen molar-refractivity contribution in [1.29, 1.82) is 0 Å². The lowest BCUT2D eigenvalue weighted by atomic mass is 10.0. The maximum Gasteiger partial charge on any atom is 0.190 e. The Hall–Kier alpha value is -0.910. The number of benzene rings is 1. The van der Waals surface area contributed by atoms with Crippen LogP contribution in [0.5, 0.6) is 0 Å². The Bertz CT molecular complexity index is 864. The molecule has 0 spiro atoms. The molecule has 3 rings (SSSR count). The Labute approximate surface area is 162 Å². The molecule has 0 bridgehead atoms. The number of aryl methyl sites for hydroxylation is 2. The van der Waals surface area contributed by atoms with Crippen LogP contribution >= 0.6 is 43.2 Å². The zero-order valence-corrected chi connectivity index (χ0v) is 17.3. The van der Waals surface area contributed by atoms with Crippen LogP contribution in [0.3, 0.4) is 0 Å². The summed E-state index contributed by atoms with van der Waals surface area (Å²) in [4.78, 5) is 16.4. The second-order valence-electron chi connectivity index (χ2n) is 6.01. The fourth-order valence-electron chi connectivity index (χ4n) is 2.91. The van der Waals surface area contributed by atoms with Gasteiger partial charge in [-0.3, -0.25) is 4.79 Å². The highest BCUT2D eigenvalue weighted by Gasteiger charge is 2.03. The van der Waals surface area contributed by atoms with E-state index >= 15 is 0 Å². The molecule has 3 aromatic rings. The zero-order valence-electron chi connectivity index (χ0n) is 13.3. The topological polar surface area (TPSA) is 32.9 Å². The molecule has 0 unspecified atom stereocenters. The first-order valence-corrected chi connectivity index (χ1v) is 10.6. The number of aromatic nitrogens is 1. The van der Waals surface area contributed by atoms with Gasteiger partial charge in [0.15, 0.2) is 5.43 Å². The summed E-state index contributed by atoms with van der Waals surface area (Å²) in [5, 5.41) is 2.77. The van der Waals surface area contributed by atoms with Crippen LogP contribution in [0.1, 0.15) is 36.9 Å². The first-order chi connectivity index (χ1) is 11.6. The highest BCUT2D eigenvalue weighted by Crippen LogP contribution is 2.21. The van der Waals surface area contributed by atoms with E-state index in [1.54, 1.807) is 17.4 Å². The molecule has 1 aromatic carbocycles. The molecule has 0 saturated carbocycles. The Kier molecular flexibility index (Phi) is 6.31. The Morgan fingerprint density at radius 1 is 0.917 bits per heavy atom. The van der Waals surface area contributed by atoms with Crippen molar-refractivity contribution in [1.82, 2.24) is 4.98 Å². The van der Waals surface area contributed by atoms with Crippen LogP contribution in [0.25, 0.3) is 10.2 Å². The van der Waals surface area contributed by atoms with Crippen LogP contribution in [-0.2, 0) is 12.8 Å². The van der Waals surface area contributed by atoms with E-state index in [0.29, 0.717) is 0 Å². The summed E-state index contributed by atoms with van der Waals surface area (Å²) in [6, 6.07) is 10.1. The van der Waals surface area contributed by atoms with E-state index in [9.17, 15) is 4.79 Å². The van der Waals surface area contributed by atoms with Gasteiger partial charge < -0.3 is 4.98 Å². The highest BCUT2D eigenvalue weighted by molar-refractivity contribution is 9.11. The average Bonchev–Trinajstić information content (AvgIpc) is 2.99. The number of aromatic amines is 1. The predicted octanol–water partition coefficient (Wildman–Crippen LogP) is 6.46. The second kappa shape index (κ2) is 8.45. The lowest BCUT2D eigenvalue weighted by Crippen LogP contribution is -2.03. The molecule has 2 heterocycles. The molecule has 0 fully saturated rings. The third-order valence-electron chi connectivity index (χ3n) is 4.09. The smallest absolute Gasteiger partial charge is 0.190 e. The molecule has 2 aromatic heterocycles. The molecule has 0 aliphatic rings. The summed E-state index contributed by atoms with van der Waals surface area (Å²) in [7, 11) is 0. The van der Waals surface area contributed by atoms with Gasteiger partial charge in [0.25, 0.3) is 0 Å². The lowest BCUT2D eigenvalue weighted by Gasteiger charge is -2.05. The van der Waals surface area contributed by atoms with Crippen LogP contribution in [0.4, 0.5) is 0 Å². The maximum atomic E-state index is 12.0. The molecule has 126 valence electrons. The minimum atomic E-state index is 0.139. The fourth-order valence-corrected chi connectivity index (χ4v) is 5.12. The molecular formula is C19H19Br2NOS. The van der Waals surface area contributed by atoms with Crippen molar-refractivity contribution in [2.24, 2.45) is 0 Å². The number of pyridine rings is 1. The summed E-state index contributed by atoms with van der Waals surface area (Å²) < 4.78 is 2.25.